The fourth-order valence-electron chi connectivity index (χ4n) is 1.50. The molecule has 0 amide bonds. The predicted molar refractivity (Wildman–Crippen MR) is 75.5 cm³/mol. The molecule has 1 unspecified atom stereocenters. The molecule has 1 aromatic heterocycles. The average Bonchev–Trinajstić information content (AvgIpc) is 2.44. The first-order valence-corrected chi connectivity index (χ1v) is 7.44. The van der Waals surface area contributed by atoms with E-state index in [4.69, 9.17) is 10.4 Å². The van der Waals surface area contributed by atoms with Gasteiger partial charge in [0, 0.05) is 31.6 Å². The number of aromatic nitrogens is 1. The molecule has 112 valence electrons. The molecule has 0 saturated heterocycles. The van der Waals surface area contributed by atoms with Crippen LogP contribution in [0.5, 0.6) is 0 Å². The normalized spacial score (nSPS) is 13.2. The molecule has 0 fully saturated rings. The van der Waals surface area contributed by atoms with Gasteiger partial charge in [-0.3, -0.25) is 4.98 Å². The number of nitrogens with zero attached hydrogens (tertiary/aromatic N) is 3. The quantitative estimate of drug-likeness (QED) is 0.788. The van der Waals surface area contributed by atoms with Crippen LogP contribution < -0.4 is 0 Å². The van der Waals surface area contributed by atoms with Crippen molar-refractivity contribution in [1.82, 2.24) is 9.29 Å². The molecule has 1 aromatic rings. The lowest BCUT2D eigenvalue weighted by Crippen LogP contribution is -2.34. The molecular weight excluding hydrogens is 294 g/mol. The Morgan fingerprint density at radius 1 is 1.57 bits per heavy atom. The third-order valence-corrected chi connectivity index (χ3v) is 4.77. The molecule has 0 aliphatic rings. The molecule has 1 N–H and O–H groups in total. The monoisotopic (exact) mass is 309 g/mol. The molecule has 7 nitrogen and oxygen atoms in total. The number of pyridine rings is 1. The second-order valence-electron chi connectivity index (χ2n) is 4.36. The van der Waals surface area contributed by atoms with Gasteiger partial charge in [0.1, 0.15) is 4.90 Å². The van der Waals surface area contributed by atoms with E-state index in [1.54, 1.807) is 6.92 Å². The van der Waals surface area contributed by atoms with Crippen molar-refractivity contribution >= 4 is 22.1 Å². The number of carboxylic acids is 1. The highest BCUT2D eigenvalue weighted by atomic mass is 32.2. The number of hydrogen-bond acceptors (Lipinski definition) is 5. The van der Waals surface area contributed by atoms with Crippen molar-refractivity contribution in [2.45, 2.75) is 24.3 Å². The van der Waals surface area contributed by atoms with Crippen LogP contribution in [0, 0.1) is 11.3 Å². The smallest absolute Gasteiger partial charge is 0.328 e. The van der Waals surface area contributed by atoms with Gasteiger partial charge in [0.15, 0.2) is 0 Å². The second-order valence-corrected chi connectivity index (χ2v) is 6.36. The maximum Gasteiger partial charge on any atom is 0.328 e. The van der Waals surface area contributed by atoms with Gasteiger partial charge in [-0.1, -0.05) is 0 Å². The first-order chi connectivity index (χ1) is 9.78. The van der Waals surface area contributed by atoms with E-state index in [0.717, 1.165) is 10.4 Å². The fraction of sp³-hybridized carbons (Fsp3) is 0.308. The number of aliphatic carboxylic acids is 1. The molecule has 0 radical (unpaired) electrons. The highest BCUT2D eigenvalue weighted by Gasteiger charge is 2.25. The summed E-state index contributed by atoms with van der Waals surface area (Å²) in [5.41, 5.74) is 0.361. The fourth-order valence-corrected chi connectivity index (χ4v) is 2.86. The Labute approximate surface area is 123 Å². The highest BCUT2D eigenvalue weighted by Crippen LogP contribution is 2.18. The summed E-state index contributed by atoms with van der Waals surface area (Å²) >= 11 is 0. The maximum atomic E-state index is 12.4. The van der Waals surface area contributed by atoms with E-state index in [1.165, 1.54) is 31.6 Å². The Morgan fingerprint density at radius 3 is 2.81 bits per heavy atom. The van der Waals surface area contributed by atoms with Crippen LogP contribution in [-0.2, 0) is 14.8 Å². The van der Waals surface area contributed by atoms with Gasteiger partial charge in [0.2, 0.25) is 10.0 Å². The van der Waals surface area contributed by atoms with Gasteiger partial charge in [-0.2, -0.15) is 9.57 Å². The topological polar surface area (TPSA) is 111 Å². The molecule has 0 spiro atoms. The van der Waals surface area contributed by atoms with Gasteiger partial charge >= 0.3 is 5.97 Å². The third kappa shape index (κ3) is 4.37. The Hall–Kier alpha value is -2.24. The zero-order chi connectivity index (χ0) is 16.0. The number of hydrogen-bond donors (Lipinski definition) is 1. The van der Waals surface area contributed by atoms with Crippen LogP contribution in [0.2, 0.25) is 0 Å². The summed E-state index contributed by atoms with van der Waals surface area (Å²) in [5, 5.41) is 17.2. The first-order valence-electron chi connectivity index (χ1n) is 6.00. The average molecular weight is 309 g/mol. The number of carbonyl (C=O) groups is 1. The van der Waals surface area contributed by atoms with E-state index in [-0.39, 0.29) is 11.3 Å². The molecule has 21 heavy (non-hydrogen) atoms. The number of carboxylic acid groups (broad SMARTS) is 1. The molecular formula is C13H15N3O4S. The molecule has 8 heteroatoms. The summed E-state index contributed by atoms with van der Waals surface area (Å²) < 4.78 is 25.8. The molecule has 0 aliphatic heterocycles. The number of nitriles is 1. The van der Waals surface area contributed by atoms with Gasteiger partial charge in [0.05, 0.1) is 12.5 Å². The van der Waals surface area contributed by atoms with Gasteiger partial charge in [0.25, 0.3) is 0 Å². The molecule has 1 rings (SSSR count). The van der Waals surface area contributed by atoms with Crippen molar-refractivity contribution < 1.29 is 18.3 Å². The van der Waals surface area contributed by atoms with Crippen LogP contribution in [-0.4, -0.2) is 41.9 Å². The molecule has 1 heterocycles. The minimum Gasteiger partial charge on any atom is -0.478 e. The Bertz CT molecular complexity index is 692. The minimum atomic E-state index is -3.78. The van der Waals surface area contributed by atoms with Crippen LogP contribution in [0.25, 0.3) is 6.08 Å². The number of rotatable bonds is 6. The first kappa shape index (κ1) is 16.8. The molecule has 0 saturated carbocycles. The standard InChI is InChI=1S/C13H15N3O4S/c1-10(5-6-14)16(2)21(19,20)12-7-11(8-15-9-12)3-4-13(17)18/h3-4,7-10H,5H2,1-2H3,(H,17,18). The van der Waals surface area contributed by atoms with Crippen molar-refractivity contribution in [2.24, 2.45) is 0 Å². The lowest BCUT2D eigenvalue weighted by molar-refractivity contribution is -0.131. The summed E-state index contributed by atoms with van der Waals surface area (Å²) in [6, 6.07) is 2.77. The molecule has 0 bridgehead atoms. The Morgan fingerprint density at radius 2 is 2.24 bits per heavy atom. The van der Waals surface area contributed by atoms with E-state index in [0.29, 0.717) is 5.56 Å². The molecule has 0 aromatic carbocycles. The van der Waals surface area contributed by atoms with Crippen molar-refractivity contribution in [3.05, 3.63) is 30.1 Å². The van der Waals surface area contributed by atoms with E-state index >= 15 is 0 Å². The Kier molecular flexibility index (Phi) is 5.58. The summed E-state index contributed by atoms with van der Waals surface area (Å²) in [6.07, 6.45) is 4.77. The summed E-state index contributed by atoms with van der Waals surface area (Å²) in [7, 11) is -2.40. The van der Waals surface area contributed by atoms with Gasteiger partial charge in [-0.25, -0.2) is 13.2 Å². The third-order valence-electron chi connectivity index (χ3n) is 2.84. The van der Waals surface area contributed by atoms with Crippen molar-refractivity contribution in [3.63, 3.8) is 0 Å². The van der Waals surface area contributed by atoms with Gasteiger partial charge in [-0.05, 0) is 24.6 Å². The lowest BCUT2D eigenvalue weighted by Gasteiger charge is -2.22. The van der Waals surface area contributed by atoms with Gasteiger partial charge < -0.3 is 5.11 Å². The van der Waals surface area contributed by atoms with Crippen molar-refractivity contribution in [2.75, 3.05) is 7.05 Å². The lowest BCUT2D eigenvalue weighted by atomic mass is 10.2. The molecule has 0 aliphatic carbocycles. The largest absolute Gasteiger partial charge is 0.478 e. The predicted octanol–water partition coefficient (Wildman–Crippen LogP) is 1.10. The minimum absolute atomic E-state index is 0.0534. The van der Waals surface area contributed by atoms with E-state index in [9.17, 15) is 13.2 Å². The second kappa shape index (κ2) is 6.97. The SMILES string of the molecule is CC(CC#N)N(C)S(=O)(=O)c1cncc(C=CC(=O)O)c1. The summed E-state index contributed by atoms with van der Waals surface area (Å²) in [6.45, 7) is 1.63. The number of sulfonamides is 1. The molecule has 1 atom stereocenters. The van der Waals surface area contributed by atoms with Crippen LogP contribution in [0.15, 0.2) is 29.4 Å². The zero-order valence-electron chi connectivity index (χ0n) is 11.6. The van der Waals surface area contributed by atoms with Gasteiger partial charge in [-0.15, -0.1) is 0 Å². The summed E-state index contributed by atoms with van der Waals surface area (Å²) in [5.74, 6) is -1.14. The van der Waals surface area contributed by atoms with Crippen molar-refractivity contribution in [3.8, 4) is 6.07 Å². The summed E-state index contributed by atoms with van der Waals surface area (Å²) in [4.78, 5) is 14.2. The van der Waals surface area contributed by atoms with Crippen LogP contribution in [0.1, 0.15) is 18.9 Å². The van der Waals surface area contributed by atoms with E-state index in [2.05, 4.69) is 4.98 Å². The van der Waals surface area contributed by atoms with E-state index in [1.807, 2.05) is 6.07 Å². The van der Waals surface area contributed by atoms with Crippen LogP contribution in [0.3, 0.4) is 0 Å². The maximum absolute atomic E-state index is 12.4. The van der Waals surface area contributed by atoms with Crippen molar-refractivity contribution in [1.29, 1.82) is 5.26 Å². The van der Waals surface area contributed by atoms with Crippen LogP contribution >= 0.6 is 0 Å². The van der Waals surface area contributed by atoms with E-state index < -0.39 is 22.0 Å². The Balaban J connectivity index is 3.12. The van der Waals surface area contributed by atoms with Crippen LogP contribution in [0.4, 0.5) is 0 Å². The zero-order valence-corrected chi connectivity index (χ0v) is 12.4. The highest BCUT2D eigenvalue weighted by molar-refractivity contribution is 7.89.